The zero-order chi connectivity index (χ0) is 17.4. The van der Waals surface area contributed by atoms with Crippen LogP contribution in [0.25, 0.3) is 0 Å². The van der Waals surface area contributed by atoms with Crippen molar-refractivity contribution in [1.82, 2.24) is 10.2 Å². The van der Waals surface area contributed by atoms with E-state index in [1.807, 2.05) is 6.07 Å². The van der Waals surface area contributed by atoms with Crippen molar-refractivity contribution in [2.24, 2.45) is 11.8 Å². The maximum atomic E-state index is 14.2. The third-order valence-electron chi connectivity index (χ3n) is 6.19. The van der Waals surface area contributed by atoms with Crippen LogP contribution in [0.2, 0.25) is 0 Å². The number of carbonyl (C=O) groups excluding carboxylic acids is 1. The highest BCUT2D eigenvalue weighted by atomic mass is 35.5. The number of nitrogens with zero attached hydrogens (tertiary/aromatic N) is 1. The fourth-order valence-electron chi connectivity index (χ4n) is 4.44. The Kier molecular flexibility index (Phi) is 5.90. The highest BCUT2D eigenvalue weighted by molar-refractivity contribution is 5.91. The molecule has 2 atom stereocenters. The normalized spacial score (nSPS) is 27.0. The van der Waals surface area contributed by atoms with Crippen LogP contribution in [0, 0.1) is 17.7 Å². The summed E-state index contributed by atoms with van der Waals surface area (Å²) in [6.07, 6.45) is 4.74. The van der Waals surface area contributed by atoms with Gasteiger partial charge in [-0.25, -0.2) is 4.39 Å². The number of halogens is 2. The summed E-state index contributed by atoms with van der Waals surface area (Å²) in [6, 6.07) is 6.84. The quantitative estimate of drug-likeness (QED) is 0.761. The van der Waals surface area contributed by atoms with Crippen LogP contribution in [0.15, 0.2) is 24.3 Å². The van der Waals surface area contributed by atoms with Crippen LogP contribution < -0.4 is 5.32 Å². The van der Waals surface area contributed by atoms with Crippen LogP contribution in [-0.2, 0) is 10.2 Å². The number of carbonyl (C=O) groups is 1. The minimum atomic E-state index is -0.655. The number of nitrogens with one attached hydrogen (secondary N) is 1. The standard InChI is InChI=1S/C20H27FN2O2.ClH/c21-17-5-2-1-4-16(17)20(8-9-20)19(25)22-18-13-23(10-3-11-24)12-15(18)14-6-7-14;/h1-2,4-5,14-15,18,24H,3,6-13H2,(H,22,25);1H/t15-,18+;/m1./s1. The molecule has 4 rings (SSSR count). The summed E-state index contributed by atoms with van der Waals surface area (Å²) in [5, 5.41) is 12.3. The van der Waals surface area contributed by atoms with Gasteiger partial charge in [-0.05, 0) is 50.0 Å². The molecule has 0 radical (unpaired) electrons. The second kappa shape index (κ2) is 7.83. The second-order valence-corrected chi connectivity index (χ2v) is 7.98. The predicted molar refractivity (Wildman–Crippen MR) is 101 cm³/mol. The van der Waals surface area contributed by atoms with Crippen LogP contribution in [-0.4, -0.2) is 48.2 Å². The smallest absolute Gasteiger partial charge is 0.231 e. The molecule has 0 spiro atoms. The van der Waals surface area contributed by atoms with E-state index in [9.17, 15) is 9.18 Å². The molecule has 6 heteroatoms. The van der Waals surface area contributed by atoms with E-state index in [0.29, 0.717) is 17.4 Å². The van der Waals surface area contributed by atoms with Gasteiger partial charge in [-0.1, -0.05) is 18.2 Å². The molecular formula is C20H28ClFN2O2. The minimum absolute atomic E-state index is 0. The molecule has 2 saturated carbocycles. The summed E-state index contributed by atoms with van der Waals surface area (Å²) in [7, 11) is 0. The molecule has 3 fully saturated rings. The van der Waals surface area contributed by atoms with Crippen molar-refractivity contribution >= 4 is 18.3 Å². The summed E-state index contributed by atoms with van der Waals surface area (Å²) < 4.78 is 14.2. The van der Waals surface area contributed by atoms with Gasteiger partial charge in [-0.15, -0.1) is 12.4 Å². The van der Waals surface area contributed by atoms with E-state index >= 15 is 0 Å². The number of likely N-dealkylation sites (tertiary alicyclic amines) is 1. The summed E-state index contributed by atoms with van der Waals surface area (Å²) >= 11 is 0. The lowest BCUT2D eigenvalue weighted by molar-refractivity contribution is -0.124. The van der Waals surface area contributed by atoms with Gasteiger partial charge in [0.15, 0.2) is 0 Å². The fourth-order valence-corrected chi connectivity index (χ4v) is 4.44. The molecule has 1 amide bonds. The topological polar surface area (TPSA) is 52.6 Å². The molecule has 1 aromatic carbocycles. The summed E-state index contributed by atoms with van der Waals surface area (Å²) in [4.78, 5) is 15.4. The lowest BCUT2D eigenvalue weighted by Crippen LogP contribution is -2.46. The lowest BCUT2D eigenvalue weighted by Gasteiger charge is -2.24. The van der Waals surface area contributed by atoms with Crippen LogP contribution >= 0.6 is 12.4 Å². The number of hydrogen-bond acceptors (Lipinski definition) is 3. The van der Waals surface area contributed by atoms with Gasteiger partial charge in [0.05, 0.1) is 5.41 Å². The van der Waals surface area contributed by atoms with Gasteiger partial charge in [0.2, 0.25) is 5.91 Å². The Morgan fingerprint density at radius 2 is 2.00 bits per heavy atom. The van der Waals surface area contributed by atoms with Gasteiger partial charge in [-0.2, -0.15) is 0 Å². The van der Waals surface area contributed by atoms with Crippen LogP contribution in [0.3, 0.4) is 0 Å². The van der Waals surface area contributed by atoms with E-state index in [-0.39, 0.29) is 36.8 Å². The molecular weight excluding hydrogens is 355 g/mol. The first-order valence-corrected chi connectivity index (χ1v) is 9.53. The number of aliphatic hydroxyl groups excluding tert-OH is 1. The van der Waals surface area contributed by atoms with Crippen LogP contribution in [0.1, 0.15) is 37.7 Å². The Labute approximate surface area is 160 Å². The minimum Gasteiger partial charge on any atom is -0.396 e. The van der Waals surface area contributed by atoms with Gasteiger partial charge in [-0.3, -0.25) is 4.79 Å². The zero-order valence-corrected chi connectivity index (χ0v) is 15.8. The van der Waals surface area contributed by atoms with E-state index < -0.39 is 5.41 Å². The fraction of sp³-hybridized carbons (Fsp3) is 0.650. The van der Waals surface area contributed by atoms with Crippen molar-refractivity contribution in [1.29, 1.82) is 0 Å². The van der Waals surface area contributed by atoms with Crippen molar-refractivity contribution in [2.75, 3.05) is 26.2 Å². The van der Waals surface area contributed by atoms with Crippen molar-refractivity contribution in [3.8, 4) is 0 Å². The molecule has 1 aliphatic heterocycles. The number of aliphatic hydroxyl groups is 1. The zero-order valence-electron chi connectivity index (χ0n) is 15.0. The van der Waals surface area contributed by atoms with E-state index in [2.05, 4.69) is 10.2 Å². The highest BCUT2D eigenvalue weighted by Crippen LogP contribution is 2.50. The molecule has 0 bridgehead atoms. The summed E-state index contributed by atoms with van der Waals surface area (Å²) in [6.45, 7) is 2.94. The molecule has 1 aromatic rings. The van der Waals surface area contributed by atoms with Crippen LogP contribution in [0.5, 0.6) is 0 Å². The molecule has 2 aliphatic carbocycles. The molecule has 144 valence electrons. The highest BCUT2D eigenvalue weighted by Gasteiger charge is 2.54. The molecule has 2 N–H and O–H groups in total. The third-order valence-corrected chi connectivity index (χ3v) is 6.19. The van der Waals surface area contributed by atoms with E-state index in [4.69, 9.17) is 5.11 Å². The maximum Gasteiger partial charge on any atom is 0.231 e. The Morgan fingerprint density at radius 3 is 2.62 bits per heavy atom. The van der Waals surface area contributed by atoms with Crippen molar-refractivity contribution in [3.05, 3.63) is 35.6 Å². The first kappa shape index (κ1) is 19.6. The third kappa shape index (κ3) is 3.75. The second-order valence-electron chi connectivity index (χ2n) is 7.98. The van der Waals surface area contributed by atoms with Crippen LogP contribution in [0.4, 0.5) is 4.39 Å². The Hall–Kier alpha value is -1.17. The van der Waals surface area contributed by atoms with Crippen molar-refractivity contribution in [3.63, 3.8) is 0 Å². The van der Waals surface area contributed by atoms with Crippen molar-refractivity contribution < 1.29 is 14.3 Å². The first-order chi connectivity index (χ1) is 12.1. The number of hydrogen-bond donors (Lipinski definition) is 2. The van der Waals surface area contributed by atoms with E-state index in [0.717, 1.165) is 38.9 Å². The molecule has 0 unspecified atom stereocenters. The van der Waals surface area contributed by atoms with Crippen molar-refractivity contribution in [2.45, 2.75) is 43.6 Å². The Morgan fingerprint density at radius 1 is 1.27 bits per heavy atom. The molecule has 1 heterocycles. The van der Waals surface area contributed by atoms with Gasteiger partial charge in [0, 0.05) is 37.8 Å². The number of rotatable bonds is 7. The predicted octanol–water partition coefficient (Wildman–Crippen LogP) is 2.49. The lowest BCUT2D eigenvalue weighted by atomic mass is 9.92. The van der Waals surface area contributed by atoms with E-state index in [1.165, 1.54) is 18.9 Å². The number of benzene rings is 1. The molecule has 1 saturated heterocycles. The molecule has 3 aliphatic rings. The Bertz CT molecular complexity index is 648. The molecule has 4 nitrogen and oxygen atoms in total. The SMILES string of the molecule is Cl.O=C(N[C@H]1CN(CCCO)C[C@@H]1C1CC1)C1(c2ccccc2F)CC1. The van der Waals surface area contributed by atoms with Gasteiger partial charge >= 0.3 is 0 Å². The monoisotopic (exact) mass is 382 g/mol. The average molecular weight is 383 g/mol. The van der Waals surface area contributed by atoms with Gasteiger partial charge in [0.1, 0.15) is 5.82 Å². The van der Waals surface area contributed by atoms with Gasteiger partial charge in [0.25, 0.3) is 0 Å². The maximum absolute atomic E-state index is 14.2. The molecule has 0 aromatic heterocycles. The largest absolute Gasteiger partial charge is 0.396 e. The van der Waals surface area contributed by atoms with E-state index in [1.54, 1.807) is 12.1 Å². The Balaban J connectivity index is 0.00000196. The summed E-state index contributed by atoms with van der Waals surface area (Å²) in [5.41, 5.74) is -0.108. The summed E-state index contributed by atoms with van der Waals surface area (Å²) in [5.74, 6) is 0.939. The number of amides is 1. The molecule has 26 heavy (non-hydrogen) atoms. The first-order valence-electron chi connectivity index (χ1n) is 9.53. The van der Waals surface area contributed by atoms with Gasteiger partial charge < -0.3 is 15.3 Å². The average Bonchev–Trinajstić information content (AvgIpc) is 3.52.